The van der Waals surface area contributed by atoms with Crippen LogP contribution in [0.3, 0.4) is 0 Å². The van der Waals surface area contributed by atoms with Gasteiger partial charge in [0.1, 0.15) is 17.6 Å². The highest BCUT2D eigenvalue weighted by Gasteiger charge is 2.45. The van der Waals surface area contributed by atoms with E-state index in [-0.39, 0.29) is 11.6 Å². The number of pyridine rings is 1. The maximum absolute atomic E-state index is 8.96. The van der Waals surface area contributed by atoms with Crippen molar-refractivity contribution in [2.24, 2.45) is 0 Å². The molecule has 124 valence electrons. The second-order valence-electron chi connectivity index (χ2n) is 6.65. The first-order valence-corrected chi connectivity index (χ1v) is 9.20. The number of nitrogens with zero attached hydrogens (tertiary/aromatic N) is 3. The first-order chi connectivity index (χ1) is 11.7. The predicted octanol–water partition coefficient (Wildman–Crippen LogP) is 2.86. The molecule has 2 aromatic rings. The summed E-state index contributed by atoms with van der Waals surface area (Å²) < 4.78 is 6.20. The zero-order valence-corrected chi connectivity index (χ0v) is 14.3. The smallest absolute Gasteiger partial charge is 0.142 e. The molecule has 2 atom stereocenters. The Labute approximate surface area is 145 Å². The molecule has 4 rings (SSSR count). The Morgan fingerprint density at radius 2 is 2.42 bits per heavy atom. The van der Waals surface area contributed by atoms with Gasteiger partial charge < -0.3 is 10.1 Å². The summed E-state index contributed by atoms with van der Waals surface area (Å²) >= 11 is 1.75. The van der Waals surface area contributed by atoms with E-state index in [1.807, 2.05) is 12.1 Å². The third kappa shape index (κ3) is 3.29. The van der Waals surface area contributed by atoms with Gasteiger partial charge in [0.25, 0.3) is 0 Å². The van der Waals surface area contributed by atoms with Crippen LogP contribution >= 0.6 is 11.3 Å². The van der Waals surface area contributed by atoms with E-state index in [1.165, 1.54) is 5.56 Å². The van der Waals surface area contributed by atoms with E-state index in [0.29, 0.717) is 12.3 Å². The Balaban J connectivity index is 1.35. The second-order valence-corrected chi connectivity index (χ2v) is 7.43. The third-order valence-corrected chi connectivity index (χ3v) is 5.54. The van der Waals surface area contributed by atoms with E-state index >= 15 is 0 Å². The summed E-state index contributed by atoms with van der Waals surface area (Å²) in [6, 6.07) is 10.0. The zero-order chi connectivity index (χ0) is 16.4. The molecule has 0 unspecified atom stereocenters. The maximum Gasteiger partial charge on any atom is 0.142 e. The first kappa shape index (κ1) is 15.6. The third-order valence-electron chi connectivity index (χ3n) is 4.81. The molecular weight excluding hydrogens is 320 g/mol. The van der Waals surface area contributed by atoms with Crippen molar-refractivity contribution < 1.29 is 4.74 Å². The van der Waals surface area contributed by atoms with E-state index in [2.05, 4.69) is 38.1 Å². The average Bonchev–Trinajstić information content (AvgIpc) is 3.32. The quantitative estimate of drug-likeness (QED) is 0.927. The molecule has 2 fully saturated rings. The molecule has 0 amide bonds. The monoisotopic (exact) mass is 340 g/mol. The maximum atomic E-state index is 8.96. The second kappa shape index (κ2) is 6.52. The zero-order valence-electron chi connectivity index (χ0n) is 13.4. The Morgan fingerprint density at radius 3 is 3.25 bits per heavy atom. The van der Waals surface area contributed by atoms with Gasteiger partial charge in [-0.05, 0) is 40.9 Å². The Morgan fingerprint density at radius 1 is 1.46 bits per heavy atom. The van der Waals surface area contributed by atoms with Gasteiger partial charge in [-0.15, -0.1) is 0 Å². The van der Waals surface area contributed by atoms with Gasteiger partial charge in [0, 0.05) is 26.1 Å². The molecule has 0 saturated carbocycles. The van der Waals surface area contributed by atoms with Crippen LogP contribution < -0.4 is 5.32 Å². The van der Waals surface area contributed by atoms with Gasteiger partial charge in [-0.3, -0.25) is 4.90 Å². The minimum absolute atomic E-state index is 0.0273. The van der Waals surface area contributed by atoms with Crippen LogP contribution in [0.4, 0.5) is 5.82 Å². The molecule has 4 heterocycles. The number of thiophene rings is 1. The van der Waals surface area contributed by atoms with Gasteiger partial charge in [0.05, 0.1) is 18.2 Å². The number of hydrogen-bond donors (Lipinski definition) is 1. The number of nitrogens with one attached hydrogen (secondary N) is 1. The lowest BCUT2D eigenvalue weighted by atomic mass is 9.97. The molecule has 2 aliphatic rings. The van der Waals surface area contributed by atoms with Crippen LogP contribution in [0, 0.1) is 11.3 Å². The van der Waals surface area contributed by atoms with Crippen LogP contribution in [-0.4, -0.2) is 41.2 Å². The molecule has 0 aromatic carbocycles. The Hall–Kier alpha value is -1.94. The molecule has 2 saturated heterocycles. The van der Waals surface area contributed by atoms with Crippen LogP contribution in [0.2, 0.25) is 0 Å². The molecule has 2 aliphatic heterocycles. The van der Waals surface area contributed by atoms with Crippen LogP contribution in [0.5, 0.6) is 0 Å². The average molecular weight is 340 g/mol. The summed E-state index contributed by atoms with van der Waals surface area (Å²) in [4.78, 5) is 6.78. The lowest BCUT2D eigenvalue weighted by molar-refractivity contribution is 0.0120. The fraction of sp³-hybridized carbons (Fsp3) is 0.444. The SMILES string of the molecule is N#Cc1cccc(N[C@H]2CO[C@]3(CCN(Cc4ccsc4)C3)C2)n1. The Kier molecular flexibility index (Phi) is 4.23. The molecule has 1 N–H and O–H groups in total. The summed E-state index contributed by atoms with van der Waals surface area (Å²) in [7, 11) is 0. The van der Waals surface area contributed by atoms with Gasteiger partial charge in [-0.25, -0.2) is 4.98 Å². The minimum atomic E-state index is -0.0273. The molecule has 6 heteroatoms. The van der Waals surface area contributed by atoms with Crippen molar-refractivity contribution >= 4 is 17.2 Å². The highest BCUT2D eigenvalue weighted by molar-refractivity contribution is 7.07. The number of hydrogen-bond acceptors (Lipinski definition) is 6. The van der Waals surface area contributed by atoms with E-state index < -0.39 is 0 Å². The summed E-state index contributed by atoms with van der Waals surface area (Å²) in [5, 5.41) is 16.7. The summed E-state index contributed by atoms with van der Waals surface area (Å²) in [6.07, 6.45) is 2.08. The van der Waals surface area contributed by atoms with Crippen molar-refractivity contribution in [3.8, 4) is 6.07 Å². The number of nitriles is 1. The van der Waals surface area contributed by atoms with Gasteiger partial charge in [0.15, 0.2) is 0 Å². The lowest BCUT2D eigenvalue weighted by Gasteiger charge is -2.23. The number of anilines is 1. The van der Waals surface area contributed by atoms with Crippen LogP contribution in [0.15, 0.2) is 35.0 Å². The van der Waals surface area contributed by atoms with Crippen molar-refractivity contribution in [3.63, 3.8) is 0 Å². The van der Waals surface area contributed by atoms with E-state index in [0.717, 1.165) is 38.3 Å². The highest BCUT2D eigenvalue weighted by atomic mass is 32.1. The summed E-state index contributed by atoms with van der Waals surface area (Å²) in [6.45, 7) is 3.79. The molecule has 0 bridgehead atoms. The van der Waals surface area contributed by atoms with Crippen molar-refractivity contribution in [1.82, 2.24) is 9.88 Å². The number of rotatable bonds is 4. The van der Waals surface area contributed by atoms with Crippen molar-refractivity contribution in [2.75, 3.05) is 25.0 Å². The van der Waals surface area contributed by atoms with E-state index in [4.69, 9.17) is 10.00 Å². The Bertz CT molecular complexity index is 742. The number of aromatic nitrogens is 1. The van der Waals surface area contributed by atoms with Crippen molar-refractivity contribution in [3.05, 3.63) is 46.3 Å². The fourth-order valence-corrected chi connectivity index (χ4v) is 4.37. The first-order valence-electron chi connectivity index (χ1n) is 8.26. The molecule has 1 spiro atoms. The van der Waals surface area contributed by atoms with Crippen molar-refractivity contribution in [2.45, 2.75) is 31.0 Å². The number of ether oxygens (including phenoxy) is 1. The van der Waals surface area contributed by atoms with E-state index in [9.17, 15) is 0 Å². The van der Waals surface area contributed by atoms with Crippen LogP contribution in [0.1, 0.15) is 24.1 Å². The van der Waals surface area contributed by atoms with Crippen LogP contribution in [0.25, 0.3) is 0 Å². The summed E-state index contributed by atoms with van der Waals surface area (Å²) in [5.41, 5.74) is 1.80. The number of likely N-dealkylation sites (tertiary alicyclic amines) is 1. The summed E-state index contributed by atoms with van der Waals surface area (Å²) in [5.74, 6) is 0.757. The highest BCUT2D eigenvalue weighted by Crippen LogP contribution is 2.36. The largest absolute Gasteiger partial charge is 0.371 e. The predicted molar refractivity (Wildman–Crippen MR) is 93.9 cm³/mol. The molecule has 24 heavy (non-hydrogen) atoms. The fourth-order valence-electron chi connectivity index (χ4n) is 3.71. The molecule has 5 nitrogen and oxygen atoms in total. The molecular formula is C18H20N4OS. The topological polar surface area (TPSA) is 61.2 Å². The molecule has 2 aromatic heterocycles. The standard InChI is InChI=1S/C18H20N4OS/c19-9-15-2-1-3-17(20-15)21-16-8-18(23-11-16)5-6-22(13-18)10-14-4-7-24-12-14/h1-4,7,12,16H,5-6,8,10-11,13H2,(H,20,21)/t16-,18-/m1/s1. The normalized spacial score (nSPS) is 26.7. The van der Waals surface area contributed by atoms with Gasteiger partial charge >= 0.3 is 0 Å². The van der Waals surface area contributed by atoms with Crippen molar-refractivity contribution in [1.29, 1.82) is 5.26 Å². The van der Waals surface area contributed by atoms with Crippen LogP contribution in [-0.2, 0) is 11.3 Å². The minimum Gasteiger partial charge on any atom is -0.371 e. The van der Waals surface area contributed by atoms with Gasteiger partial charge in [-0.1, -0.05) is 6.07 Å². The van der Waals surface area contributed by atoms with Gasteiger partial charge in [0.2, 0.25) is 0 Å². The van der Waals surface area contributed by atoms with E-state index in [1.54, 1.807) is 17.4 Å². The lowest BCUT2D eigenvalue weighted by Crippen LogP contribution is -2.33. The van der Waals surface area contributed by atoms with Gasteiger partial charge in [-0.2, -0.15) is 16.6 Å². The molecule has 0 radical (unpaired) electrons. The molecule has 0 aliphatic carbocycles.